The van der Waals surface area contributed by atoms with Crippen molar-refractivity contribution in [1.82, 2.24) is 0 Å². The van der Waals surface area contributed by atoms with Crippen LogP contribution in [0.3, 0.4) is 0 Å². The van der Waals surface area contributed by atoms with Gasteiger partial charge >= 0.3 is 0 Å². The minimum absolute atomic E-state index is 0.827. The van der Waals surface area contributed by atoms with Crippen molar-refractivity contribution in [3.05, 3.63) is 0 Å². The minimum atomic E-state index is 0.827. The van der Waals surface area contributed by atoms with Gasteiger partial charge in [0.25, 0.3) is 0 Å². The average Bonchev–Trinajstić information content (AvgIpc) is 2.64. The van der Waals surface area contributed by atoms with E-state index >= 15 is 0 Å². The lowest BCUT2D eigenvalue weighted by Crippen LogP contribution is -2.49. The first-order valence-corrected chi connectivity index (χ1v) is 12.7. The van der Waals surface area contributed by atoms with Crippen molar-refractivity contribution in [2.45, 2.75) is 142 Å². The largest absolute Gasteiger partial charge is 0.0654 e. The fourth-order valence-corrected chi connectivity index (χ4v) is 7.12. The second kappa shape index (κ2) is 9.97. The predicted molar refractivity (Wildman–Crippen MR) is 116 cm³/mol. The van der Waals surface area contributed by atoms with Gasteiger partial charge in [-0.2, -0.15) is 0 Å². The van der Waals surface area contributed by atoms with Gasteiger partial charge in [-0.05, 0) is 86.9 Å². The van der Waals surface area contributed by atoms with E-state index in [2.05, 4.69) is 13.8 Å². The summed E-state index contributed by atoms with van der Waals surface area (Å²) in [6.07, 6.45) is 30.7. The van der Waals surface area contributed by atoms with Crippen LogP contribution in [0.5, 0.6) is 0 Å². The van der Waals surface area contributed by atoms with E-state index in [1.165, 1.54) is 57.8 Å². The minimum Gasteiger partial charge on any atom is -0.0654 e. The number of rotatable bonds is 10. The molecule has 2 spiro atoms. The van der Waals surface area contributed by atoms with Crippen LogP contribution in [0.2, 0.25) is 0 Å². The van der Waals surface area contributed by atoms with Gasteiger partial charge in [-0.15, -0.1) is 0 Å². The topological polar surface area (TPSA) is 0 Å². The van der Waals surface area contributed by atoms with Gasteiger partial charge in [0, 0.05) is 0 Å². The second-order valence-electron chi connectivity index (χ2n) is 10.9. The van der Waals surface area contributed by atoms with Crippen LogP contribution in [0.25, 0.3) is 0 Å². The van der Waals surface area contributed by atoms with Crippen molar-refractivity contribution in [3.8, 4) is 0 Å². The molecule has 0 nitrogen and oxygen atoms in total. The quantitative estimate of drug-likeness (QED) is 0.341. The zero-order chi connectivity index (χ0) is 18.3. The van der Waals surface area contributed by atoms with Crippen molar-refractivity contribution in [2.75, 3.05) is 0 Å². The van der Waals surface area contributed by atoms with Crippen molar-refractivity contribution >= 4 is 0 Å². The average molecular weight is 361 g/mol. The summed E-state index contributed by atoms with van der Waals surface area (Å²) in [7, 11) is 0. The molecule has 0 aromatic rings. The fraction of sp³-hybridized carbons (Fsp3) is 1.00. The lowest BCUT2D eigenvalue weighted by atomic mass is 9.44. The Hall–Kier alpha value is 0. The SMILES string of the molecule is CCCCCCCC1CCC2(CC1)CC1(CCC(CCCCC)CC1)C2. The monoisotopic (exact) mass is 360 g/mol. The van der Waals surface area contributed by atoms with Gasteiger partial charge < -0.3 is 0 Å². The smallest absolute Gasteiger partial charge is 0.0287 e. The maximum atomic E-state index is 2.34. The molecule has 3 saturated carbocycles. The molecule has 0 radical (unpaired) electrons. The number of hydrogen-bond donors (Lipinski definition) is 0. The first kappa shape index (κ1) is 20.7. The van der Waals surface area contributed by atoms with E-state index in [1.54, 1.807) is 70.6 Å². The summed E-state index contributed by atoms with van der Waals surface area (Å²) < 4.78 is 0. The Morgan fingerprint density at radius 2 is 0.923 bits per heavy atom. The van der Waals surface area contributed by atoms with E-state index in [4.69, 9.17) is 0 Å². The third-order valence-electron chi connectivity index (χ3n) is 8.76. The Kier molecular flexibility index (Phi) is 7.95. The third kappa shape index (κ3) is 5.51. The molecule has 0 bridgehead atoms. The lowest BCUT2D eigenvalue weighted by Gasteiger charge is -2.61. The molecule has 0 amide bonds. The molecule has 26 heavy (non-hydrogen) atoms. The Labute approximate surface area is 165 Å². The van der Waals surface area contributed by atoms with Gasteiger partial charge in [-0.1, -0.05) is 78.1 Å². The van der Waals surface area contributed by atoms with E-state index in [0.717, 1.165) is 22.7 Å². The van der Waals surface area contributed by atoms with E-state index in [9.17, 15) is 0 Å². The molecule has 152 valence electrons. The van der Waals surface area contributed by atoms with Gasteiger partial charge in [-0.3, -0.25) is 0 Å². The van der Waals surface area contributed by atoms with E-state index in [-0.39, 0.29) is 0 Å². The summed E-state index contributed by atoms with van der Waals surface area (Å²) in [6, 6.07) is 0. The van der Waals surface area contributed by atoms with Gasteiger partial charge in [-0.25, -0.2) is 0 Å². The van der Waals surface area contributed by atoms with Gasteiger partial charge in [0.15, 0.2) is 0 Å². The van der Waals surface area contributed by atoms with Crippen molar-refractivity contribution in [3.63, 3.8) is 0 Å². The van der Waals surface area contributed by atoms with Gasteiger partial charge in [0.2, 0.25) is 0 Å². The van der Waals surface area contributed by atoms with E-state index in [1.807, 2.05) is 0 Å². The summed E-state index contributed by atoms with van der Waals surface area (Å²) in [5.41, 5.74) is 1.65. The Balaban J connectivity index is 1.29. The third-order valence-corrected chi connectivity index (χ3v) is 8.76. The van der Waals surface area contributed by atoms with Crippen LogP contribution in [0, 0.1) is 22.7 Å². The summed E-state index contributed by atoms with van der Waals surface area (Å²) in [4.78, 5) is 0. The van der Waals surface area contributed by atoms with Crippen molar-refractivity contribution in [1.29, 1.82) is 0 Å². The van der Waals surface area contributed by atoms with Gasteiger partial charge in [0.1, 0.15) is 0 Å². The van der Waals surface area contributed by atoms with E-state index in [0.29, 0.717) is 0 Å². The van der Waals surface area contributed by atoms with Crippen LogP contribution in [-0.4, -0.2) is 0 Å². The van der Waals surface area contributed by atoms with E-state index < -0.39 is 0 Å². The molecule has 0 saturated heterocycles. The molecule has 3 rings (SSSR count). The van der Waals surface area contributed by atoms with Crippen LogP contribution in [0.1, 0.15) is 142 Å². The molecule has 3 aliphatic carbocycles. The molecule has 0 aromatic carbocycles. The molecule has 0 aliphatic heterocycles. The van der Waals surface area contributed by atoms with Gasteiger partial charge in [0.05, 0.1) is 0 Å². The van der Waals surface area contributed by atoms with Crippen LogP contribution in [-0.2, 0) is 0 Å². The second-order valence-corrected chi connectivity index (χ2v) is 10.9. The summed E-state index contributed by atoms with van der Waals surface area (Å²) in [5, 5.41) is 0. The van der Waals surface area contributed by atoms with Crippen LogP contribution in [0.4, 0.5) is 0 Å². The molecule has 0 heteroatoms. The highest BCUT2D eigenvalue weighted by Crippen LogP contribution is 2.67. The number of hydrogen-bond acceptors (Lipinski definition) is 0. The number of unbranched alkanes of at least 4 members (excludes halogenated alkanes) is 6. The van der Waals surface area contributed by atoms with Crippen molar-refractivity contribution < 1.29 is 0 Å². The highest BCUT2D eigenvalue weighted by Gasteiger charge is 2.55. The highest BCUT2D eigenvalue weighted by molar-refractivity contribution is 5.06. The zero-order valence-electron chi connectivity index (χ0n) is 18.3. The zero-order valence-corrected chi connectivity index (χ0v) is 18.3. The maximum absolute atomic E-state index is 2.34. The first-order valence-electron chi connectivity index (χ1n) is 12.7. The standard InChI is InChI=1S/C26H48/c1-3-5-7-8-10-12-24-15-19-26(20-16-24)21-25(22-26)17-13-23(14-18-25)11-9-6-4-2/h23-24H,3-22H2,1-2H3. The predicted octanol–water partition coefficient (Wildman–Crippen LogP) is 9.07. The molecule has 0 heterocycles. The maximum Gasteiger partial charge on any atom is -0.0287 e. The van der Waals surface area contributed by atoms with Crippen LogP contribution < -0.4 is 0 Å². The Morgan fingerprint density at radius 1 is 0.538 bits per heavy atom. The Bertz CT molecular complexity index is 369. The molecule has 3 fully saturated rings. The molecule has 3 aliphatic rings. The summed E-state index contributed by atoms with van der Waals surface area (Å²) in [5.74, 6) is 2.18. The molecule has 0 N–H and O–H groups in total. The molecule has 0 unspecified atom stereocenters. The fourth-order valence-electron chi connectivity index (χ4n) is 7.12. The highest BCUT2D eigenvalue weighted by atomic mass is 14.6. The normalized spacial score (nSPS) is 37.2. The molecule has 0 aromatic heterocycles. The summed E-state index contributed by atoms with van der Waals surface area (Å²) in [6.45, 7) is 4.66. The Morgan fingerprint density at radius 3 is 1.38 bits per heavy atom. The molecular weight excluding hydrogens is 312 g/mol. The first-order chi connectivity index (χ1) is 12.7. The van der Waals surface area contributed by atoms with Crippen LogP contribution in [0.15, 0.2) is 0 Å². The lowest BCUT2D eigenvalue weighted by molar-refractivity contribution is -0.102. The van der Waals surface area contributed by atoms with Crippen molar-refractivity contribution in [2.24, 2.45) is 22.7 Å². The van der Waals surface area contributed by atoms with Crippen LogP contribution >= 0.6 is 0 Å². The molecule has 0 atom stereocenters. The summed E-state index contributed by atoms with van der Waals surface area (Å²) >= 11 is 0. The molecular formula is C26H48.